The Morgan fingerprint density at radius 2 is 1.91 bits per heavy atom. The molecule has 3 rings (SSSR count). The van der Waals surface area contributed by atoms with E-state index in [9.17, 15) is 4.79 Å². The molecule has 0 spiro atoms. The molecule has 3 aromatic rings. The largest absolute Gasteiger partial charge is 0.512 e. The minimum Gasteiger partial charge on any atom is -0.449 e. The van der Waals surface area contributed by atoms with Gasteiger partial charge >= 0.3 is 6.16 Å². The van der Waals surface area contributed by atoms with Crippen LogP contribution in [0.5, 0.6) is 5.88 Å². The van der Waals surface area contributed by atoms with E-state index in [1.165, 1.54) is 0 Å². The van der Waals surface area contributed by atoms with Crippen molar-refractivity contribution in [3.63, 3.8) is 0 Å². The van der Waals surface area contributed by atoms with Crippen LogP contribution in [0.1, 0.15) is 11.1 Å². The van der Waals surface area contributed by atoms with Crippen LogP contribution >= 0.6 is 23.2 Å². The molecule has 0 aliphatic carbocycles. The zero-order chi connectivity index (χ0) is 16.6. The van der Waals surface area contributed by atoms with E-state index in [2.05, 4.69) is 0 Å². The van der Waals surface area contributed by atoms with Crippen LogP contribution in [0.2, 0.25) is 10.0 Å². The fourth-order valence-electron chi connectivity index (χ4n) is 2.52. The van der Waals surface area contributed by atoms with E-state index in [1.807, 2.05) is 31.2 Å². The van der Waals surface area contributed by atoms with Gasteiger partial charge in [0.1, 0.15) is 0 Å². The van der Waals surface area contributed by atoms with E-state index in [1.54, 1.807) is 22.8 Å². The van der Waals surface area contributed by atoms with Crippen molar-refractivity contribution in [3.05, 3.63) is 63.6 Å². The lowest BCUT2D eigenvalue weighted by molar-refractivity contribution is 0.141. The molecule has 118 valence electrons. The highest BCUT2D eigenvalue weighted by Gasteiger charge is 2.14. The second kappa shape index (κ2) is 6.14. The first-order valence-electron chi connectivity index (χ1n) is 6.88. The van der Waals surface area contributed by atoms with Gasteiger partial charge < -0.3 is 14.4 Å². The van der Waals surface area contributed by atoms with Crippen molar-refractivity contribution in [1.29, 1.82) is 0 Å². The third-order valence-corrected chi connectivity index (χ3v) is 4.27. The van der Waals surface area contributed by atoms with Crippen molar-refractivity contribution >= 4 is 40.3 Å². The zero-order valence-corrected chi connectivity index (χ0v) is 13.7. The Hall–Kier alpha value is -2.17. The Balaban J connectivity index is 2.09. The summed E-state index contributed by atoms with van der Waals surface area (Å²) in [5, 5.41) is 10.8. The molecule has 0 aliphatic rings. The molecule has 1 aromatic heterocycles. The van der Waals surface area contributed by atoms with Gasteiger partial charge in [-0.05, 0) is 36.8 Å². The molecular weight excluding hydrogens is 337 g/mol. The van der Waals surface area contributed by atoms with Crippen LogP contribution in [0, 0.1) is 6.92 Å². The monoisotopic (exact) mass is 349 g/mol. The van der Waals surface area contributed by atoms with E-state index < -0.39 is 6.16 Å². The van der Waals surface area contributed by atoms with Gasteiger partial charge in [0.05, 0.1) is 22.1 Å². The molecule has 23 heavy (non-hydrogen) atoms. The number of carbonyl (C=O) groups is 1. The van der Waals surface area contributed by atoms with Crippen molar-refractivity contribution in [2.24, 2.45) is 0 Å². The number of nitrogens with zero attached hydrogens (tertiary/aromatic N) is 1. The molecule has 6 heteroatoms. The van der Waals surface area contributed by atoms with Gasteiger partial charge in [-0.2, -0.15) is 0 Å². The van der Waals surface area contributed by atoms with Gasteiger partial charge in [-0.1, -0.05) is 40.9 Å². The third kappa shape index (κ3) is 3.28. The zero-order valence-electron chi connectivity index (χ0n) is 12.2. The predicted octanol–water partition coefficient (Wildman–Crippen LogP) is 5.36. The molecule has 2 aromatic carbocycles. The van der Waals surface area contributed by atoms with Gasteiger partial charge in [-0.25, -0.2) is 4.79 Å². The number of carboxylic acid groups (broad SMARTS) is 1. The number of benzene rings is 2. The molecule has 0 fully saturated rings. The molecular formula is C17H13Cl2NO3. The van der Waals surface area contributed by atoms with E-state index in [-0.39, 0.29) is 5.88 Å². The lowest BCUT2D eigenvalue weighted by Crippen LogP contribution is -2.09. The number of hydrogen-bond acceptors (Lipinski definition) is 2. The summed E-state index contributed by atoms with van der Waals surface area (Å²) in [7, 11) is 0. The first-order chi connectivity index (χ1) is 10.9. The first kappa shape index (κ1) is 15.7. The maximum absolute atomic E-state index is 10.9. The second-order valence-electron chi connectivity index (χ2n) is 5.25. The van der Waals surface area contributed by atoms with E-state index >= 15 is 0 Å². The molecule has 1 N–H and O–H groups in total. The van der Waals surface area contributed by atoms with E-state index in [0.29, 0.717) is 16.6 Å². The van der Waals surface area contributed by atoms with Crippen molar-refractivity contribution in [2.75, 3.05) is 0 Å². The fraction of sp³-hybridized carbons (Fsp3) is 0.118. The van der Waals surface area contributed by atoms with Crippen molar-refractivity contribution in [3.8, 4) is 5.88 Å². The Morgan fingerprint density at radius 1 is 1.13 bits per heavy atom. The van der Waals surface area contributed by atoms with Crippen LogP contribution in [-0.4, -0.2) is 15.8 Å². The van der Waals surface area contributed by atoms with Gasteiger partial charge in [0.15, 0.2) is 0 Å². The molecule has 0 amide bonds. The average molecular weight is 350 g/mol. The topological polar surface area (TPSA) is 51.5 Å². The highest BCUT2D eigenvalue weighted by Crippen LogP contribution is 2.29. The average Bonchev–Trinajstić information content (AvgIpc) is 2.79. The molecule has 0 atom stereocenters. The van der Waals surface area contributed by atoms with Crippen LogP contribution in [-0.2, 0) is 6.54 Å². The number of halogens is 2. The van der Waals surface area contributed by atoms with Crippen LogP contribution < -0.4 is 4.74 Å². The SMILES string of the molecule is Cc1ccc2c(c1)cc(OC(=O)O)n2Cc1ccc(Cl)c(Cl)c1. The van der Waals surface area contributed by atoms with E-state index in [4.69, 9.17) is 33.0 Å². The Labute approximate surface area is 142 Å². The fourth-order valence-corrected chi connectivity index (χ4v) is 2.84. The number of aryl methyl sites for hydroxylation is 1. The normalized spacial score (nSPS) is 10.9. The molecule has 0 bridgehead atoms. The van der Waals surface area contributed by atoms with Crippen LogP contribution in [0.4, 0.5) is 4.79 Å². The maximum atomic E-state index is 10.9. The number of hydrogen-bond donors (Lipinski definition) is 1. The maximum Gasteiger partial charge on any atom is 0.512 e. The quantitative estimate of drug-likeness (QED) is 0.647. The van der Waals surface area contributed by atoms with Gasteiger partial charge in [-0.3, -0.25) is 0 Å². The molecule has 0 saturated carbocycles. The lowest BCUT2D eigenvalue weighted by Gasteiger charge is -2.10. The van der Waals surface area contributed by atoms with Gasteiger partial charge in [0.2, 0.25) is 5.88 Å². The van der Waals surface area contributed by atoms with E-state index in [0.717, 1.165) is 22.0 Å². The predicted molar refractivity (Wildman–Crippen MR) is 90.9 cm³/mol. The van der Waals surface area contributed by atoms with Crippen molar-refractivity contribution < 1.29 is 14.6 Å². The molecule has 0 aliphatic heterocycles. The van der Waals surface area contributed by atoms with Crippen molar-refractivity contribution in [2.45, 2.75) is 13.5 Å². The summed E-state index contributed by atoms with van der Waals surface area (Å²) in [5.74, 6) is 0.268. The Kier molecular flexibility index (Phi) is 4.20. The number of rotatable bonds is 3. The summed E-state index contributed by atoms with van der Waals surface area (Å²) in [6.07, 6.45) is -1.35. The highest BCUT2D eigenvalue weighted by molar-refractivity contribution is 6.42. The second-order valence-corrected chi connectivity index (χ2v) is 6.06. The smallest absolute Gasteiger partial charge is 0.449 e. The summed E-state index contributed by atoms with van der Waals surface area (Å²) >= 11 is 12.0. The molecule has 4 nitrogen and oxygen atoms in total. The highest BCUT2D eigenvalue weighted by atomic mass is 35.5. The van der Waals surface area contributed by atoms with Crippen LogP contribution in [0.25, 0.3) is 10.9 Å². The number of fused-ring (bicyclic) bond motifs is 1. The summed E-state index contributed by atoms with van der Waals surface area (Å²) in [6, 6.07) is 12.9. The Bertz CT molecular complexity index is 902. The summed E-state index contributed by atoms with van der Waals surface area (Å²) in [5.41, 5.74) is 2.87. The van der Waals surface area contributed by atoms with Crippen LogP contribution in [0.3, 0.4) is 0 Å². The lowest BCUT2D eigenvalue weighted by atomic mass is 10.2. The summed E-state index contributed by atoms with van der Waals surface area (Å²) < 4.78 is 6.71. The Morgan fingerprint density at radius 3 is 2.61 bits per heavy atom. The molecule has 1 heterocycles. The van der Waals surface area contributed by atoms with Gasteiger partial charge in [0.25, 0.3) is 0 Å². The standard InChI is InChI=1S/C17H13Cl2NO3/c1-10-2-5-15-12(6-10)8-16(23-17(21)22)20(15)9-11-3-4-13(18)14(19)7-11/h2-8H,9H2,1H3,(H,21,22). The van der Waals surface area contributed by atoms with Crippen molar-refractivity contribution in [1.82, 2.24) is 4.57 Å². The first-order valence-corrected chi connectivity index (χ1v) is 7.64. The molecule has 0 unspecified atom stereocenters. The minimum atomic E-state index is -1.35. The molecule has 0 radical (unpaired) electrons. The summed E-state index contributed by atoms with van der Waals surface area (Å²) in [6.45, 7) is 2.40. The summed E-state index contributed by atoms with van der Waals surface area (Å²) in [4.78, 5) is 10.9. The molecule has 0 saturated heterocycles. The number of aromatic nitrogens is 1. The van der Waals surface area contributed by atoms with Gasteiger partial charge in [-0.15, -0.1) is 0 Å². The van der Waals surface area contributed by atoms with Crippen LogP contribution in [0.15, 0.2) is 42.5 Å². The third-order valence-electron chi connectivity index (χ3n) is 3.54. The number of ether oxygens (including phenoxy) is 1. The van der Waals surface area contributed by atoms with Gasteiger partial charge in [0, 0.05) is 11.5 Å². The minimum absolute atomic E-state index is 0.268.